The Morgan fingerprint density at radius 3 is 2.74 bits per heavy atom. The molecule has 3 rings (SSSR count). The summed E-state index contributed by atoms with van der Waals surface area (Å²) in [5, 5.41) is 18.8. The van der Waals surface area contributed by atoms with Gasteiger partial charge in [-0.1, -0.05) is 24.1 Å². The normalized spacial score (nSPS) is 28.7. The van der Waals surface area contributed by atoms with Crippen LogP contribution in [0.1, 0.15) is 31.2 Å². The van der Waals surface area contributed by atoms with Crippen molar-refractivity contribution in [2.24, 2.45) is 17.8 Å². The second-order valence-electron chi connectivity index (χ2n) is 6.16. The van der Waals surface area contributed by atoms with E-state index >= 15 is 0 Å². The smallest absolute Gasteiger partial charge is 0.492 e. The number of hydrogen-bond donors (Lipinski definition) is 2. The summed E-state index contributed by atoms with van der Waals surface area (Å²) in [7, 11) is -1.46. The number of hydrogen-bond acceptors (Lipinski definition) is 3. The van der Waals surface area contributed by atoms with E-state index < -0.39 is 7.12 Å². The Bertz CT molecular complexity index is 461. The van der Waals surface area contributed by atoms with Crippen LogP contribution in [0.4, 0.5) is 0 Å². The van der Waals surface area contributed by atoms with Crippen molar-refractivity contribution in [1.82, 2.24) is 0 Å². The molecule has 1 aromatic rings. The third-order valence-corrected chi connectivity index (χ3v) is 4.78. The van der Waals surface area contributed by atoms with Gasteiger partial charge in [-0.2, -0.15) is 0 Å². The number of benzene rings is 1. The van der Waals surface area contributed by atoms with Crippen LogP contribution in [0.2, 0.25) is 0 Å². The van der Waals surface area contributed by atoms with E-state index in [2.05, 4.69) is 0 Å². The van der Waals surface area contributed by atoms with Gasteiger partial charge in [0.15, 0.2) is 0 Å². The van der Waals surface area contributed by atoms with Gasteiger partial charge in [0.05, 0.1) is 6.61 Å². The van der Waals surface area contributed by atoms with E-state index in [0.717, 1.165) is 17.4 Å². The molecule has 2 N–H and O–H groups in total. The van der Waals surface area contributed by atoms with Gasteiger partial charge in [-0.05, 0) is 50.0 Å². The Morgan fingerprint density at radius 1 is 1.26 bits per heavy atom. The zero-order valence-corrected chi connectivity index (χ0v) is 11.4. The molecule has 3 unspecified atom stereocenters. The molecule has 0 amide bonds. The highest BCUT2D eigenvalue weighted by molar-refractivity contribution is 6.59. The summed E-state index contributed by atoms with van der Waals surface area (Å²) in [5.74, 6) is 3.02. The van der Waals surface area contributed by atoms with E-state index in [9.17, 15) is 10.0 Å². The van der Waals surface area contributed by atoms with Crippen molar-refractivity contribution in [2.45, 2.75) is 32.6 Å². The van der Waals surface area contributed by atoms with Crippen LogP contribution in [0, 0.1) is 24.7 Å². The minimum Gasteiger partial charge on any atom is -0.494 e. The molecule has 3 nitrogen and oxygen atoms in total. The molecule has 2 fully saturated rings. The maximum Gasteiger partial charge on any atom is 0.492 e. The van der Waals surface area contributed by atoms with Crippen LogP contribution in [0.25, 0.3) is 0 Å². The Balaban J connectivity index is 1.66. The third-order valence-electron chi connectivity index (χ3n) is 4.78. The zero-order chi connectivity index (χ0) is 13.4. The fraction of sp³-hybridized carbons (Fsp3) is 0.600. The molecule has 2 bridgehead atoms. The van der Waals surface area contributed by atoms with Crippen LogP contribution >= 0.6 is 0 Å². The maximum absolute atomic E-state index is 9.40. The number of aryl methyl sites for hydroxylation is 1. The molecule has 0 spiro atoms. The first kappa shape index (κ1) is 13.0. The first-order valence-corrected chi connectivity index (χ1v) is 7.23. The van der Waals surface area contributed by atoms with E-state index in [1.54, 1.807) is 6.07 Å². The van der Waals surface area contributed by atoms with Crippen LogP contribution in [-0.4, -0.2) is 23.8 Å². The van der Waals surface area contributed by atoms with Gasteiger partial charge < -0.3 is 14.8 Å². The molecule has 2 aliphatic rings. The highest BCUT2D eigenvalue weighted by Gasteiger charge is 2.39. The first-order valence-electron chi connectivity index (χ1n) is 7.23. The zero-order valence-electron chi connectivity index (χ0n) is 11.4. The Morgan fingerprint density at radius 2 is 2.11 bits per heavy atom. The fourth-order valence-corrected chi connectivity index (χ4v) is 3.78. The molecule has 4 heteroatoms. The third kappa shape index (κ3) is 2.65. The summed E-state index contributed by atoms with van der Waals surface area (Å²) < 4.78 is 5.87. The lowest BCUT2D eigenvalue weighted by Crippen LogP contribution is -2.32. The molecule has 0 aromatic heterocycles. The van der Waals surface area contributed by atoms with E-state index in [1.165, 1.54) is 25.7 Å². The largest absolute Gasteiger partial charge is 0.494 e. The molecule has 3 atom stereocenters. The molecule has 2 saturated carbocycles. The summed E-state index contributed by atoms with van der Waals surface area (Å²) >= 11 is 0. The molecule has 102 valence electrons. The van der Waals surface area contributed by atoms with Crippen molar-refractivity contribution in [3.63, 3.8) is 0 Å². The molecule has 19 heavy (non-hydrogen) atoms. The standard InChI is InChI=1S/C15H21BO3/c1-10-2-5-15(14(6-10)16(17)18)19-9-13-8-11-3-4-12(13)7-11/h2,5-6,11-13,17-18H,3-4,7-9H2,1H3. The average molecular weight is 260 g/mol. The van der Waals surface area contributed by atoms with Gasteiger partial charge in [0.25, 0.3) is 0 Å². The monoisotopic (exact) mass is 260 g/mol. The summed E-state index contributed by atoms with van der Waals surface area (Å²) in [4.78, 5) is 0. The van der Waals surface area contributed by atoms with E-state index in [4.69, 9.17) is 4.74 Å². The summed E-state index contributed by atoms with van der Waals surface area (Å²) in [6.45, 7) is 2.65. The SMILES string of the molecule is Cc1ccc(OCC2CC3CCC2C3)c(B(O)O)c1. The number of rotatable bonds is 4. The summed E-state index contributed by atoms with van der Waals surface area (Å²) in [6.07, 6.45) is 5.40. The molecule has 0 radical (unpaired) electrons. The van der Waals surface area contributed by atoms with E-state index in [1.807, 2.05) is 19.1 Å². The maximum atomic E-state index is 9.40. The molecule has 1 aromatic carbocycles. The van der Waals surface area contributed by atoms with Crippen molar-refractivity contribution in [1.29, 1.82) is 0 Å². The van der Waals surface area contributed by atoms with Gasteiger partial charge in [-0.3, -0.25) is 0 Å². The van der Waals surface area contributed by atoms with Crippen molar-refractivity contribution in [2.75, 3.05) is 6.61 Å². The lowest BCUT2D eigenvalue weighted by molar-refractivity contribution is 0.196. The van der Waals surface area contributed by atoms with Gasteiger partial charge in [0, 0.05) is 5.46 Å². The van der Waals surface area contributed by atoms with E-state index in [-0.39, 0.29) is 0 Å². The number of ether oxygens (including phenoxy) is 1. The van der Waals surface area contributed by atoms with Crippen LogP contribution in [0.15, 0.2) is 18.2 Å². The van der Waals surface area contributed by atoms with Gasteiger partial charge in [0.1, 0.15) is 5.75 Å². The van der Waals surface area contributed by atoms with Crippen molar-refractivity contribution in [3.05, 3.63) is 23.8 Å². The highest BCUT2D eigenvalue weighted by atomic mass is 16.5. The van der Waals surface area contributed by atoms with Crippen molar-refractivity contribution in [3.8, 4) is 5.75 Å². The average Bonchev–Trinajstić information content (AvgIpc) is 2.99. The molecule has 2 aliphatic carbocycles. The Kier molecular flexibility index (Phi) is 3.55. The Labute approximate surface area is 114 Å². The summed E-state index contributed by atoms with van der Waals surface area (Å²) in [5.41, 5.74) is 1.48. The predicted molar refractivity (Wildman–Crippen MR) is 75.4 cm³/mol. The molecular weight excluding hydrogens is 239 g/mol. The van der Waals surface area contributed by atoms with Gasteiger partial charge in [0.2, 0.25) is 0 Å². The highest BCUT2D eigenvalue weighted by Crippen LogP contribution is 2.48. The van der Waals surface area contributed by atoms with Gasteiger partial charge in [-0.15, -0.1) is 0 Å². The summed E-state index contributed by atoms with van der Waals surface area (Å²) in [6, 6.07) is 5.57. The van der Waals surface area contributed by atoms with Crippen LogP contribution in [0.5, 0.6) is 5.75 Å². The topological polar surface area (TPSA) is 49.7 Å². The molecular formula is C15H21BO3. The quantitative estimate of drug-likeness (QED) is 0.806. The van der Waals surface area contributed by atoms with Crippen molar-refractivity contribution >= 4 is 12.6 Å². The first-order chi connectivity index (χ1) is 9.13. The van der Waals surface area contributed by atoms with Gasteiger partial charge >= 0.3 is 7.12 Å². The minimum absolute atomic E-state index is 0.475. The second kappa shape index (κ2) is 5.18. The fourth-order valence-electron chi connectivity index (χ4n) is 3.78. The lowest BCUT2D eigenvalue weighted by Gasteiger charge is -2.22. The number of fused-ring (bicyclic) bond motifs is 2. The van der Waals surface area contributed by atoms with Crippen LogP contribution in [-0.2, 0) is 0 Å². The lowest BCUT2D eigenvalue weighted by atomic mass is 9.79. The van der Waals surface area contributed by atoms with E-state index in [0.29, 0.717) is 23.7 Å². The molecule has 0 heterocycles. The van der Waals surface area contributed by atoms with Crippen molar-refractivity contribution < 1.29 is 14.8 Å². The Hall–Kier alpha value is -0.995. The predicted octanol–water partition coefficient (Wildman–Crippen LogP) is 1.49. The minimum atomic E-state index is -1.46. The van der Waals surface area contributed by atoms with Gasteiger partial charge in [-0.25, -0.2) is 0 Å². The van der Waals surface area contributed by atoms with Crippen LogP contribution in [0.3, 0.4) is 0 Å². The molecule has 0 aliphatic heterocycles. The molecule has 0 saturated heterocycles. The second-order valence-corrected chi connectivity index (χ2v) is 6.16. The van der Waals surface area contributed by atoms with Crippen LogP contribution < -0.4 is 10.2 Å².